The van der Waals surface area contributed by atoms with Crippen molar-refractivity contribution in [1.82, 2.24) is 14.9 Å². The van der Waals surface area contributed by atoms with Gasteiger partial charge in [-0.25, -0.2) is 4.98 Å². The summed E-state index contributed by atoms with van der Waals surface area (Å²) in [4.78, 5) is 23.1. The van der Waals surface area contributed by atoms with Gasteiger partial charge in [-0.1, -0.05) is 48.0 Å². The number of carbonyl (C=O) groups excluding carboxylic acids is 1. The van der Waals surface area contributed by atoms with Crippen LogP contribution in [-0.2, 0) is 4.74 Å². The molecule has 1 saturated heterocycles. The summed E-state index contributed by atoms with van der Waals surface area (Å²) >= 11 is 6.47. The highest BCUT2D eigenvalue weighted by Gasteiger charge is 2.23. The topological polar surface area (TPSA) is 58.2 Å². The van der Waals surface area contributed by atoms with E-state index in [1.54, 1.807) is 4.90 Å². The zero-order valence-corrected chi connectivity index (χ0v) is 15.9. The number of para-hydroxylation sites is 1. The van der Waals surface area contributed by atoms with E-state index < -0.39 is 0 Å². The van der Waals surface area contributed by atoms with E-state index in [9.17, 15) is 4.79 Å². The molecule has 0 aliphatic carbocycles. The molecule has 6 heteroatoms. The van der Waals surface area contributed by atoms with E-state index in [0.717, 1.165) is 27.4 Å². The van der Waals surface area contributed by atoms with E-state index in [2.05, 4.69) is 4.98 Å². The first-order valence-corrected chi connectivity index (χ1v) is 9.63. The second kappa shape index (κ2) is 6.93. The molecular formula is C22H18ClN3O2. The van der Waals surface area contributed by atoms with Gasteiger partial charge in [-0.2, -0.15) is 0 Å². The highest BCUT2D eigenvalue weighted by Crippen LogP contribution is 2.35. The third-order valence-corrected chi connectivity index (χ3v) is 5.47. The summed E-state index contributed by atoms with van der Waals surface area (Å²) in [5.74, 6) is -0.0798. The Morgan fingerprint density at radius 1 is 1.04 bits per heavy atom. The number of hydrogen-bond acceptors (Lipinski definition) is 3. The zero-order valence-electron chi connectivity index (χ0n) is 15.1. The normalized spacial score (nSPS) is 14.7. The summed E-state index contributed by atoms with van der Waals surface area (Å²) in [6.07, 6.45) is 0. The lowest BCUT2D eigenvalue weighted by atomic mass is 10.1. The molecule has 1 N–H and O–H groups in total. The van der Waals surface area contributed by atoms with Crippen molar-refractivity contribution in [3.63, 3.8) is 0 Å². The van der Waals surface area contributed by atoms with Gasteiger partial charge in [0.1, 0.15) is 5.69 Å². The van der Waals surface area contributed by atoms with E-state index >= 15 is 0 Å². The molecule has 3 heterocycles. The Hall–Kier alpha value is -2.89. The number of hydrogen-bond donors (Lipinski definition) is 1. The van der Waals surface area contributed by atoms with Crippen LogP contribution in [0.3, 0.4) is 0 Å². The number of carbonyl (C=O) groups is 1. The molecule has 0 saturated carbocycles. The molecule has 2 aromatic heterocycles. The number of aromatic amines is 1. The number of H-pyrrole nitrogens is 1. The Bertz CT molecular complexity index is 1200. The van der Waals surface area contributed by atoms with Crippen molar-refractivity contribution in [1.29, 1.82) is 0 Å². The minimum atomic E-state index is -0.0798. The van der Waals surface area contributed by atoms with Crippen LogP contribution < -0.4 is 0 Å². The molecule has 5 nitrogen and oxygen atoms in total. The summed E-state index contributed by atoms with van der Waals surface area (Å²) in [7, 11) is 0. The van der Waals surface area contributed by atoms with Crippen molar-refractivity contribution in [3.05, 3.63) is 65.3 Å². The molecule has 0 spiro atoms. The van der Waals surface area contributed by atoms with Crippen LogP contribution >= 0.6 is 11.6 Å². The average molecular weight is 392 g/mol. The van der Waals surface area contributed by atoms with E-state index in [0.29, 0.717) is 42.7 Å². The van der Waals surface area contributed by atoms with Gasteiger partial charge in [0.25, 0.3) is 5.91 Å². The Labute approximate surface area is 166 Å². The number of aromatic nitrogens is 2. The minimum Gasteiger partial charge on any atom is -0.378 e. The lowest BCUT2D eigenvalue weighted by Crippen LogP contribution is -2.41. The zero-order chi connectivity index (χ0) is 19.1. The average Bonchev–Trinajstić information content (AvgIpc) is 3.12. The summed E-state index contributed by atoms with van der Waals surface area (Å²) in [6.45, 7) is 2.26. The number of morpholine rings is 1. The van der Waals surface area contributed by atoms with Crippen LogP contribution in [0.1, 0.15) is 10.5 Å². The van der Waals surface area contributed by atoms with Crippen molar-refractivity contribution < 1.29 is 9.53 Å². The van der Waals surface area contributed by atoms with Gasteiger partial charge in [0.2, 0.25) is 0 Å². The third kappa shape index (κ3) is 2.84. The van der Waals surface area contributed by atoms with Gasteiger partial charge >= 0.3 is 0 Å². The molecule has 1 fully saturated rings. The van der Waals surface area contributed by atoms with Crippen LogP contribution in [0.2, 0.25) is 5.02 Å². The van der Waals surface area contributed by atoms with Crippen molar-refractivity contribution in [2.24, 2.45) is 0 Å². The largest absolute Gasteiger partial charge is 0.378 e. The smallest absolute Gasteiger partial charge is 0.272 e. The number of nitrogens with zero attached hydrogens (tertiary/aromatic N) is 2. The number of rotatable bonds is 2. The predicted molar refractivity (Wildman–Crippen MR) is 111 cm³/mol. The molecule has 0 bridgehead atoms. The Morgan fingerprint density at radius 3 is 2.61 bits per heavy atom. The highest BCUT2D eigenvalue weighted by atomic mass is 35.5. The van der Waals surface area contributed by atoms with Crippen molar-refractivity contribution in [3.8, 4) is 11.3 Å². The van der Waals surface area contributed by atoms with Crippen LogP contribution in [0.25, 0.3) is 33.1 Å². The van der Waals surface area contributed by atoms with Crippen LogP contribution in [0.4, 0.5) is 0 Å². The summed E-state index contributed by atoms with van der Waals surface area (Å²) in [6, 6.07) is 17.5. The number of halogens is 1. The Balaban J connectivity index is 1.77. The summed E-state index contributed by atoms with van der Waals surface area (Å²) in [5.41, 5.74) is 3.80. The second-order valence-corrected chi connectivity index (χ2v) is 7.24. The second-order valence-electron chi connectivity index (χ2n) is 6.83. The van der Waals surface area contributed by atoms with Crippen LogP contribution in [0.15, 0.2) is 54.6 Å². The molecule has 0 atom stereocenters. The lowest BCUT2D eigenvalue weighted by molar-refractivity contribution is 0.0299. The minimum absolute atomic E-state index is 0.0798. The van der Waals surface area contributed by atoms with Crippen LogP contribution in [0.5, 0.6) is 0 Å². The number of ether oxygens (including phenoxy) is 1. The number of pyridine rings is 1. The first-order valence-electron chi connectivity index (χ1n) is 9.26. The molecule has 0 unspecified atom stereocenters. The Morgan fingerprint density at radius 2 is 1.79 bits per heavy atom. The van der Waals surface area contributed by atoms with Crippen LogP contribution in [-0.4, -0.2) is 47.1 Å². The maximum absolute atomic E-state index is 13.1. The van der Waals surface area contributed by atoms with Crippen molar-refractivity contribution in [2.75, 3.05) is 26.3 Å². The number of benzene rings is 2. The maximum Gasteiger partial charge on any atom is 0.272 e. The van der Waals surface area contributed by atoms with Gasteiger partial charge in [0.15, 0.2) is 0 Å². The van der Waals surface area contributed by atoms with Gasteiger partial charge in [-0.3, -0.25) is 4.79 Å². The number of nitrogens with one attached hydrogen (secondary N) is 1. The third-order valence-electron chi connectivity index (χ3n) is 5.14. The first kappa shape index (κ1) is 17.2. The molecule has 0 radical (unpaired) electrons. The molecule has 1 aliphatic rings. The molecule has 2 aromatic carbocycles. The Kier molecular flexibility index (Phi) is 4.26. The molecule has 1 amide bonds. The lowest BCUT2D eigenvalue weighted by Gasteiger charge is -2.26. The SMILES string of the molecule is O=C(c1cc2c([nH]c3ccccc32)c(-c2ccccc2Cl)n1)N1CCOCC1. The van der Waals surface area contributed by atoms with E-state index in [4.69, 9.17) is 21.3 Å². The first-order chi connectivity index (χ1) is 13.7. The van der Waals surface area contributed by atoms with E-state index in [-0.39, 0.29) is 5.91 Å². The summed E-state index contributed by atoms with van der Waals surface area (Å²) < 4.78 is 5.37. The maximum atomic E-state index is 13.1. The van der Waals surface area contributed by atoms with Gasteiger partial charge in [-0.05, 0) is 18.2 Å². The predicted octanol–water partition coefficient (Wildman–Crippen LogP) is 4.51. The summed E-state index contributed by atoms with van der Waals surface area (Å²) in [5, 5.41) is 2.63. The monoisotopic (exact) mass is 391 g/mol. The van der Waals surface area contributed by atoms with Crippen molar-refractivity contribution in [2.45, 2.75) is 0 Å². The molecule has 140 valence electrons. The fourth-order valence-electron chi connectivity index (χ4n) is 3.73. The molecule has 4 aromatic rings. The quantitative estimate of drug-likeness (QED) is 0.547. The molecule has 28 heavy (non-hydrogen) atoms. The molecule has 1 aliphatic heterocycles. The van der Waals surface area contributed by atoms with Gasteiger partial charge in [0, 0.05) is 34.9 Å². The number of amides is 1. The highest BCUT2D eigenvalue weighted by molar-refractivity contribution is 6.33. The van der Waals surface area contributed by atoms with Gasteiger partial charge < -0.3 is 14.6 Å². The number of fused-ring (bicyclic) bond motifs is 3. The standard InChI is InChI=1S/C22H18ClN3O2/c23-17-7-3-1-6-15(17)20-21-16(14-5-2-4-8-18(14)24-21)13-19(25-20)22(27)26-9-11-28-12-10-26/h1-8,13,24H,9-12H2. The molecular weight excluding hydrogens is 374 g/mol. The van der Waals surface area contributed by atoms with Crippen molar-refractivity contribution >= 4 is 39.3 Å². The van der Waals surface area contributed by atoms with E-state index in [1.165, 1.54) is 0 Å². The van der Waals surface area contributed by atoms with Crippen LogP contribution in [0, 0.1) is 0 Å². The fourth-order valence-corrected chi connectivity index (χ4v) is 3.96. The molecule has 5 rings (SSSR count). The van der Waals surface area contributed by atoms with E-state index in [1.807, 2.05) is 54.6 Å². The van der Waals surface area contributed by atoms with Gasteiger partial charge in [-0.15, -0.1) is 0 Å². The van der Waals surface area contributed by atoms with Gasteiger partial charge in [0.05, 0.1) is 29.4 Å². The fraction of sp³-hybridized carbons (Fsp3) is 0.182.